The van der Waals surface area contributed by atoms with E-state index in [0.717, 1.165) is 5.56 Å². The maximum Gasteiger partial charge on any atom is 0.613 e. The Labute approximate surface area is 127 Å². The molecule has 1 aromatic carbocycles. The number of benzene rings is 1. The average molecular weight is 332 g/mol. The highest BCUT2D eigenvalue weighted by Crippen LogP contribution is 2.20. The third kappa shape index (κ3) is 8.32. The van der Waals surface area contributed by atoms with Gasteiger partial charge in [-0.3, -0.25) is 0 Å². The fourth-order valence-corrected chi connectivity index (χ4v) is 3.20. The van der Waals surface area contributed by atoms with Crippen molar-refractivity contribution in [2.24, 2.45) is 0 Å². The second kappa shape index (κ2) is 10.9. The van der Waals surface area contributed by atoms with Crippen molar-refractivity contribution in [2.45, 2.75) is 26.3 Å². The molecule has 0 saturated carbocycles. The van der Waals surface area contributed by atoms with Crippen LogP contribution in [0, 0.1) is 0 Å². The largest absolute Gasteiger partial charge is 0.613 e. The topological polar surface area (TPSA) is 76.7 Å². The zero-order valence-electron chi connectivity index (χ0n) is 12.3. The van der Waals surface area contributed by atoms with Gasteiger partial charge in [0.05, 0.1) is 12.6 Å². The molecule has 0 saturated heterocycles. The first-order chi connectivity index (χ1) is 10.2. The van der Waals surface area contributed by atoms with Gasteiger partial charge < -0.3 is 0 Å². The summed E-state index contributed by atoms with van der Waals surface area (Å²) in [7, 11) is -3.83. The summed E-state index contributed by atoms with van der Waals surface area (Å²) in [4.78, 5) is 0. The highest BCUT2D eigenvalue weighted by molar-refractivity contribution is 7.37. The zero-order valence-corrected chi connectivity index (χ0v) is 14.1. The molecule has 2 unspecified atom stereocenters. The van der Waals surface area contributed by atoms with E-state index in [1.807, 2.05) is 30.3 Å². The summed E-state index contributed by atoms with van der Waals surface area (Å²) in [5, 5.41) is 5.70. The van der Waals surface area contributed by atoms with Gasteiger partial charge in [-0.25, -0.2) is 0 Å². The minimum Gasteiger partial charge on any atom is -0.130 e. The van der Waals surface area contributed by atoms with Crippen LogP contribution in [0.15, 0.2) is 30.3 Å². The molecule has 116 valence electrons. The van der Waals surface area contributed by atoms with Gasteiger partial charge in [-0.15, -0.1) is 9.05 Å². The smallest absolute Gasteiger partial charge is 0.130 e. The Kier molecular flexibility index (Phi) is 9.51. The van der Waals surface area contributed by atoms with Gasteiger partial charge in [0, 0.05) is 0 Å². The molecule has 0 radical (unpaired) electrons. The molecular weight excluding hydrogens is 310 g/mol. The molecule has 0 spiro atoms. The molecule has 2 N–H and O–H groups in total. The van der Waals surface area contributed by atoms with Crippen LogP contribution in [0.5, 0.6) is 0 Å². The molecule has 6 nitrogen and oxygen atoms in total. The monoisotopic (exact) mass is 332 g/mol. The number of hydrogen-bond donors (Lipinski definition) is 2. The summed E-state index contributed by atoms with van der Waals surface area (Å²) >= 11 is 0. The van der Waals surface area contributed by atoms with E-state index in [-0.39, 0.29) is 6.04 Å². The van der Waals surface area contributed by atoms with Crippen molar-refractivity contribution in [3.63, 3.8) is 0 Å². The molecule has 0 aliphatic rings. The van der Waals surface area contributed by atoms with Gasteiger partial charge in [-0.1, -0.05) is 40.5 Å². The Morgan fingerprint density at radius 1 is 1.05 bits per heavy atom. The summed E-state index contributed by atoms with van der Waals surface area (Å²) in [6, 6.07) is 9.65. The van der Waals surface area contributed by atoms with Crippen LogP contribution in [0.1, 0.15) is 19.4 Å². The van der Waals surface area contributed by atoms with Crippen LogP contribution in [0.4, 0.5) is 0 Å². The minimum atomic E-state index is -1.93. The van der Waals surface area contributed by atoms with Gasteiger partial charge >= 0.3 is 16.4 Å². The van der Waals surface area contributed by atoms with Crippen LogP contribution in [0.25, 0.3) is 0 Å². The molecule has 21 heavy (non-hydrogen) atoms. The molecular formula is C13H22N2O4P2+2. The van der Waals surface area contributed by atoms with Crippen LogP contribution in [-0.4, -0.2) is 25.8 Å². The van der Waals surface area contributed by atoms with E-state index in [1.165, 1.54) is 0 Å². The maximum atomic E-state index is 11.7. The first kappa shape index (κ1) is 18.3. The Morgan fingerprint density at radius 3 is 2.29 bits per heavy atom. The maximum absolute atomic E-state index is 11.7. The van der Waals surface area contributed by atoms with Crippen LogP contribution in [-0.2, 0) is 24.6 Å². The van der Waals surface area contributed by atoms with Crippen molar-refractivity contribution < 1.29 is 18.2 Å². The van der Waals surface area contributed by atoms with Gasteiger partial charge in [0.15, 0.2) is 0 Å². The number of nitrogens with one attached hydrogen (secondary N) is 2. The Balaban J connectivity index is 2.56. The van der Waals surface area contributed by atoms with Gasteiger partial charge in [-0.05, 0) is 35.0 Å². The molecule has 0 aromatic heterocycles. The van der Waals surface area contributed by atoms with E-state index in [0.29, 0.717) is 26.2 Å². The first-order valence-corrected chi connectivity index (χ1v) is 9.25. The van der Waals surface area contributed by atoms with Crippen molar-refractivity contribution in [2.75, 3.05) is 19.8 Å². The lowest BCUT2D eigenvalue weighted by atomic mass is 10.1. The summed E-state index contributed by atoms with van der Waals surface area (Å²) in [5.41, 5.74) is 1.10. The van der Waals surface area contributed by atoms with Crippen LogP contribution in [0.2, 0.25) is 0 Å². The highest BCUT2D eigenvalue weighted by atomic mass is 31.1. The fraction of sp³-hybridized carbons (Fsp3) is 0.538. The van der Waals surface area contributed by atoms with E-state index in [4.69, 9.17) is 9.05 Å². The molecule has 0 fully saturated rings. The summed E-state index contributed by atoms with van der Waals surface area (Å²) in [5.74, 6) is 0. The van der Waals surface area contributed by atoms with Gasteiger partial charge in [-0.2, -0.15) is 0 Å². The summed E-state index contributed by atoms with van der Waals surface area (Å²) in [6.07, 6.45) is 0.650. The van der Waals surface area contributed by atoms with E-state index >= 15 is 0 Å². The molecule has 0 amide bonds. The molecule has 0 aliphatic carbocycles. The Morgan fingerprint density at radius 2 is 1.67 bits per heavy atom. The molecule has 0 heterocycles. The minimum absolute atomic E-state index is 0.165. The van der Waals surface area contributed by atoms with E-state index in [2.05, 4.69) is 10.2 Å². The SMILES string of the molecule is CCO[P+](=O)NC[C@H](Cc1ccccc1)N[P+](=O)OCC. The van der Waals surface area contributed by atoms with Crippen molar-refractivity contribution in [1.82, 2.24) is 10.2 Å². The molecule has 8 heteroatoms. The van der Waals surface area contributed by atoms with Crippen molar-refractivity contribution >= 4 is 16.4 Å². The van der Waals surface area contributed by atoms with Gasteiger partial charge in [0.1, 0.15) is 13.2 Å². The second-order valence-corrected chi connectivity index (χ2v) is 6.35. The van der Waals surface area contributed by atoms with Crippen molar-refractivity contribution in [3.05, 3.63) is 35.9 Å². The first-order valence-electron chi connectivity index (χ1n) is 6.89. The van der Waals surface area contributed by atoms with Crippen molar-refractivity contribution in [1.29, 1.82) is 0 Å². The van der Waals surface area contributed by atoms with Crippen LogP contribution in [0.3, 0.4) is 0 Å². The summed E-state index contributed by atoms with van der Waals surface area (Å²) < 4.78 is 33.2. The Hall–Kier alpha value is -0.740. The number of rotatable bonds is 11. The average Bonchev–Trinajstić information content (AvgIpc) is 2.46. The van der Waals surface area contributed by atoms with Gasteiger partial charge in [0.2, 0.25) is 0 Å². The summed E-state index contributed by atoms with van der Waals surface area (Å²) in [6.45, 7) is 4.69. The lowest BCUT2D eigenvalue weighted by molar-refractivity contribution is 0.332. The third-order valence-corrected chi connectivity index (χ3v) is 4.57. The Bertz CT molecular complexity index is 445. The predicted molar refractivity (Wildman–Crippen MR) is 83.5 cm³/mol. The molecule has 3 atom stereocenters. The van der Waals surface area contributed by atoms with E-state index in [9.17, 15) is 9.13 Å². The zero-order chi connectivity index (χ0) is 15.5. The second-order valence-electron chi connectivity index (χ2n) is 4.23. The number of hydrogen-bond acceptors (Lipinski definition) is 4. The molecule has 1 aromatic rings. The molecule has 1 rings (SSSR count). The lowest BCUT2D eigenvalue weighted by Crippen LogP contribution is -2.35. The quantitative estimate of drug-likeness (QED) is 0.606. The molecule has 0 bridgehead atoms. The molecule has 0 aliphatic heterocycles. The van der Waals surface area contributed by atoms with Crippen molar-refractivity contribution in [3.8, 4) is 0 Å². The normalized spacial score (nSPS) is 13.8. The predicted octanol–water partition coefficient (Wildman–Crippen LogP) is 3.16. The highest BCUT2D eigenvalue weighted by Gasteiger charge is 2.27. The van der Waals surface area contributed by atoms with Crippen LogP contribution < -0.4 is 10.2 Å². The van der Waals surface area contributed by atoms with Gasteiger partial charge in [0.25, 0.3) is 0 Å². The van der Waals surface area contributed by atoms with E-state index in [1.54, 1.807) is 13.8 Å². The standard InChI is InChI=1S/C13H22N2O4P2/c1-3-18-20(16)14-11-13(15-21(17)19-4-2)10-12-8-6-5-7-9-12/h5-9,13H,3-4,10-11H2,1-2H3,(H,14,16)(H,15,17)/q+2/t13-/m0/s1. The lowest BCUT2D eigenvalue weighted by Gasteiger charge is -2.10. The third-order valence-electron chi connectivity index (χ3n) is 2.57. The van der Waals surface area contributed by atoms with E-state index < -0.39 is 16.4 Å². The fourth-order valence-electron chi connectivity index (χ4n) is 1.71. The van der Waals surface area contributed by atoms with Crippen LogP contribution >= 0.6 is 16.4 Å².